The summed E-state index contributed by atoms with van der Waals surface area (Å²) in [7, 11) is 1.59. The molecule has 118 valence electrons. The lowest BCUT2D eigenvalue weighted by molar-refractivity contribution is -0.116. The number of ether oxygens (including phenoxy) is 2. The molecule has 1 N–H and O–H groups in total. The summed E-state index contributed by atoms with van der Waals surface area (Å²) in [6.45, 7) is 4.29. The first-order valence-corrected chi connectivity index (χ1v) is 7.21. The van der Waals surface area contributed by atoms with Crippen LogP contribution in [-0.2, 0) is 4.79 Å². The topological polar surface area (TPSA) is 65.4 Å². The molecule has 0 saturated carbocycles. The van der Waals surface area contributed by atoms with E-state index in [2.05, 4.69) is 10.4 Å². The molecular weight excluding hydrogens is 282 g/mol. The summed E-state index contributed by atoms with van der Waals surface area (Å²) in [5, 5.41) is 7.01. The van der Waals surface area contributed by atoms with Gasteiger partial charge in [0.25, 0.3) is 0 Å². The summed E-state index contributed by atoms with van der Waals surface area (Å²) >= 11 is 0. The monoisotopic (exact) mass is 303 g/mol. The van der Waals surface area contributed by atoms with Crippen molar-refractivity contribution in [3.63, 3.8) is 0 Å². The second-order valence-corrected chi connectivity index (χ2v) is 5.05. The van der Waals surface area contributed by atoms with E-state index in [0.717, 1.165) is 0 Å². The number of hydrogen-bond donors (Lipinski definition) is 1. The maximum atomic E-state index is 12.0. The first kappa shape index (κ1) is 15.9. The lowest BCUT2D eigenvalue weighted by Gasteiger charge is -2.12. The fraction of sp³-hybridized carbons (Fsp3) is 0.375. The highest BCUT2D eigenvalue weighted by Gasteiger charge is 2.10. The van der Waals surface area contributed by atoms with Gasteiger partial charge in [0.05, 0.1) is 26.3 Å². The van der Waals surface area contributed by atoms with E-state index >= 15 is 0 Å². The molecular formula is C16H21N3O3. The number of benzene rings is 1. The van der Waals surface area contributed by atoms with E-state index < -0.39 is 0 Å². The van der Waals surface area contributed by atoms with Crippen LogP contribution in [-0.4, -0.2) is 29.4 Å². The first-order valence-electron chi connectivity index (χ1n) is 7.21. The number of para-hydroxylation sites is 2. The van der Waals surface area contributed by atoms with Gasteiger partial charge in [0.15, 0.2) is 11.5 Å². The number of carbonyl (C=O) groups excluding carboxylic acids is 1. The molecule has 22 heavy (non-hydrogen) atoms. The molecule has 1 amide bonds. The molecule has 0 aliphatic heterocycles. The molecule has 2 aromatic rings. The third-order valence-corrected chi connectivity index (χ3v) is 3.08. The predicted octanol–water partition coefficient (Wildman–Crippen LogP) is 2.88. The second kappa shape index (κ2) is 7.49. The number of methoxy groups -OCH3 is 1. The fourth-order valence-corrected chi connectivity index (χ4v) is 2.02. The van der Waals surface area contributed by atoms with Crippen molar-refractivity contribution < 1.29 is 14.3 Å². The Labute approximate surface area is 130 Å². The highest BCUT2D eigenvalue weighted by molar-refractivity contribution is 5.89. The Bertz CT molecular complexity index is 623. The van der Waals surface area contributed by atoms with Crippen LogP contribution in [0, 0.1) is 0 Å². The highest BCUT2D eigenvalue weighted by atomic mass is 16.5. The molecule has 0 saturated heterocycles. The number of aromatic nitrogens is 2. The number of amides is 1. The summed E-state index contributed by atoms with van der Waals surface area (Å²) in [5.41, 5.74) is 0. The Balaban J connectivity index is 1.84. The number of carbonyl (C=O) groups is 1. The highest BCUT2D eigenvalue weighted by Crippen LogP contribution is 2.25. The van der Waals surface area contributed by atoms with Crippen LogP contribution in [0.2, 0.25) is 0 Å². The Hall–Kier alpha value is -2.50. The van der Waals surface area contributed by atoms with E-state index in [-0.39, 0.29) is 25.0 Å². The van der Waals surface area contributed by atoms with E-state index in [9.17, 15) is 4.79 Å². The quantitative estimate of drug-likeness (QED) is 0.854. The van der Waals surface area contributed by atoms with Crippen LogP contribution in [0.25, 0.3) is 0 Å². The van der Waals surface area contributed by atoms with Crippen molar-refractivity contribution in [3.05, 3.63) is 36.5 Å². The van der Waals surface area contributed by atoms with Gasteiger partial charge in [0, 0.05) is 12.1 Å². The molecule has 1 aromatic carbocycles. The minimum absolute atomic E-state index is 0.114. The zero-order chi connectivity index (χ0) is 15.9. The molecule has 0 bridgehead atoms. The van der Waals surface area contributed by atoms with Crippen LogP contribution in [0.4, 0.5) is 5.82 Å². The van der Waals surface area contributed by atoms with E-state index in [1.165, 1.54) is 0 Å². The zero-order valence-corrected chi connectivity index (χ0v) is 13.1. The molecule has 2 rings (SSSR count). The zero-order valence-electron chi connectivity index (χ0n) is 13.1. The Kier molecular flexibility index (Phi) is 5.41. The number of hydrogen-bond acceptors (Lipinski definition) is 4. The number of anilines is 1. The molecule has 0 unspecified atom stereocenters. The first-order chi connectivity index (χ1) is 10.6. The summed E-state index contributed by atoms with van der Waals surface area (Å²) in [6.07, 6.45) is 1.92. The van der Waals surface area contributed by atoms with Crippen LogP contribution >= 0.6 is 0 Å². The molecule has 0 atom stereocenters. The summed E-state index contributed by atoms with van der Waals surface area (Å²) < 4.78 is 12.5. The van der Waals surface area contributed by atoms with Crippen molar-refractivity contribution in [1.82, 2.24) is 9.78 Å². The van der Waals surface area contributed by atoms with Gasteiger partial charge < -0.3 is 14.8 Å². The summed E-state index contributed by atoms with van der Waals surface area (Å²) in [6, 6.07) is 9.32. The molecule has 0 aliphatic carbocycles. The van der Waals surface area contributed by atoms with Gasteiger partial charge in [-0.2, -0.15) is 5.10 Å². The standard InChI is InChI=1S/C16H21N3O3/c1-12(2)19-15(8-10-17-19)18-16(20)9-11-22-14-7-5-4-6-13(14)21-3/h4-8,10,12H,9,11H2,1-3H3,(H,18,20). The number of nitrogens with one attached hydrogen (secondary N) is 1. The second-order valence-electron chi connectivity index (χ2n) is 5.05. The van der Waals surface area contributed by atoms with E-state index in [1.807, 2.05) is 38.1 Å². The van der Waals surface area contributed by atoms with Crippen LogP contribution in [0.15, 0.2) is 36.5 Å². The van der Waals surface area contributed by atoms with Gasteiger partial charge >= 0.3 is 0 Å². The smallest absolute Gasteiger partial charge is 0.228 e. The van der Waals surface area contributed by atoms with Crippen LogP contribution in [0.3, 0.4) is 0 Å². The van der Waals surface area contributed by atoms with Crippen molar-refractivity contribution in [2.75, 3.05) is 19.0 Å². The van der Waals surface area contributed by atoms with Gasteiger partial charge in [0.2, 0.25) is 5.91 Å². The molecule has 6 nitrogen and oxygen atoms in total. The molecule has 1 aromatic heterocycles. The molecule has 0 spiro atoms. The largest absolute Gasteiger partial charge is 0.493 e. The maximum Gasteiger partial charge on any atom is 0.228 e. The minimum atomic E-state index is -0.114. The van der Waals surface area contributed by atoms with Crippen LogP contribution in [0.5, 0.6) is 11.5 Å². The maximum absolute atomic E-state index is 12.0. The van der Waals surface area contributed by atoms with Gasteiger partial charge in [0.1, 0.15) is 5.82 Å². The third kappa shape index (κ3) is 4.00. The molecule has 0 fully saturated rings. The van der Waals surface area contributed by atoms with E-state index in [1.54, 1.807) is 24.1 Å². The molecule has 0 aliphatic rings. The minimum Gasteiger partial charge on any atom is -0.493 e. The van der Waals surface area contributed by atoms with E-state index in [4.69, 9.17) is 9.47 Å². The average molecular weight is 303 g/mol. The van der Waals surface area contributed by atoms with Gasteiger partial charge in [-0.3, -0.25) is 4.79 Å². The Morgan fingerprint density at radius 1 is 1.27 bits per heavy atom. The van der Waals surface area contributed by atoms with Crippen molar-refractivity contribution in [2.24, 2.45) is 0 Å². The van der Waals surface area contributed by atoms with Gasteiger partial charge in [-0.1, -0.05) is 12.1 Å². The molecule has 6 heteroatoms. The summed E-state index contributed by atoms with van der Waals surface area (Å²) in [5.74, 6) is 1.86. The lowest BCUT2D eigenvalue weighted by Crippen LogP contribution is -2.18. The van der Waals surface area contributed by atoms with Crippen LogP contribution in [0.1, 0.15) is 26.3 Å². The van der Waals surface area contributed by atoms with Gasteiger partial charge in [-0.15, -0.1) is 0 Å². The molecule has 1 heterocycles. The SMILES string of the molecule is COc1ccccc1OCCC(=O)Nc1ccnn1C(C)C. The molecule has 0 radical (unpaired) electrons. The summed E-state index contributed by atoms with van der Waals surface area (Å²) in [4.78, 5) is 12.0. The Morgan fingerprint density at radius 2 is 2.00 bits per heavy atom. The van der Waals surface area contributed by atoms with Gasteiger partial charge in [-0.25, -0.2) is 4.68 Å². The third-order valence-electron chi connectivity index (χ3n) is 3.08. The van der Waals surface area contributed by atoms with E-state index in [0.29, 0.717) is 17.3 Å². The van der Waals surface area contributed by atoms with Crippen molar-refractivity contribution in [2.45, 2.75) is 26.3 Å². The normalized spacial score (nSPS) is 10.5. The fourth-order valence-electron chi connectivity index (χ4n) is 2.02. The number of nitrogens with zero attached hydrogens (tertiary/aromatic N) is 2. The number of rotatable bonds is 7. The van der Waals surface area contributed by atoms with Gasteiger partial charge in [-0.05, 0) is 26.0 Å². The van der Waals surface area contributed by atoms with Crippen molar-refractivity contribution in [3.8, 4) is 11.5 Å². The lowest BCUT2D eigenvalue weighted by atomic mass is 10.3. The van der Waals surface area contributed by atoms with Crippen molar-refractivity contribution >= 4 is 11.7 Å². The van der Waals surface area contributed by atoms with Crippen LogP contribution < -0.4 is 14.8 Å². The van der Waals surface area contributed by atoms with Crippen molar-refractivity contribution in [1.29, 1.82) is 0 Å². The average Bonchev–Trinajstić information content (AvgIpc) is 2.96. The Morgan fingerprint density at radius 3 is 2.68 bits per heavy atom. The predicted molar refractivity (Wildman–Crippen MR) is 84.3 cm³/mol.